The van der Waals surface area contributed by atoms with Crippen molar-refractivity contribution < 1.29 is 14.3 Å². The maximum atomic E-state index is 12.4. The van der Waals surface area contributed by atoms with Gasteiger partial charge >= 0.3 is 0 Å². The summed E-state index contributed by atoms with van der Waals surface area (Å²) in [4.78, 5) is 28.6. The average Bonchev–Trinajstić information content (AvgIpc) is 3.00. The van der Waals surface area contributed by atoms with Crippen molar-refractivity contribution in [2.24, 2.45) is 11.7 Å². The number of nitrogens with two attached hydrogens (primary N) is 1. The molecule has 0 spiro atoms. The summed E-state index contributed by atoms with van der Waals surface area (Å²) in [6.07, 6.45) is 2.06. The summed E-state index contributed by atoms with van der Waals surface area (Å²) in [6.45, 7) is 8.90. The Morgan fingerprint density at radius 2 is 1.96 bits per heavy atom. The van der Waals surface area contributed by atoms with Gasteiger partial charge in [0.2, 0.25) is 11.8 Å². The van der Waals surface area contributed by atoms with Crippen molar-refractivity contribution in [3.8, 4) is 0 Å². The van der Waals surface area contributed by atoms with Crippen LogP contribution in [0.3, 0.4) is 0 Å². The van der Waals surface area contributed by atoms with Gasteiger partial charge in [-0.25, -0.2) is 0 Å². The van der Waals surface area contributed by atoms with E-state index in [4.69, 9.17) is 10.5 Å². The van der Waals surface area contributed by atoms with Gasteiger partial charge in [-0.2, -0.15) is 0 Å². The Morgan fingerprint density at radius 3 is 2.61 bits per heavy atom. The average molecular weight is 326 g/mol. The first-order valence-electron chi connectivity index (χ1n) is 8.62. The van der Waals surface area contributed by atoms with Crippen LogP contribution in [0.15, 0.2) is 0 Å². The van der Waals surface area contributed by atoms with Crippen molar-refractivity contribution >= 4 is 11.8 Å². The number of rotatable bonds is 6. The van der Waals surface area contributed by atoms with E-state index in [0.29, 0.717) is 0 Å². The highest BCUT2D eigenvalue weighted by atomic mass is 16.5. The van der Waals surface area contributed by atoms with E-state index >= 15 is 0 Å². The van der Waals surface area contributed by atoms with Crippen LogP contribution in [0, 0.1) is 5.92 Å². The Morgan fingerprint density at radius 1 is 1.26 bits per heavy atom. The topological polar surface area (TPSA) is 87.9 Å². The van der Waals surface area contributed by atoms with Crippen LogP contribution in [0.5, 0.6) is 0 Å². The number of likely N-dealkylation sites (tertiary alicyclic amines) is 1. The van der Waals surface area contributed by atoms with Crippen LogP contribution in [-0.2, 0) is 14.3 Å². The number of carbonyl (C=O) groups excluding carboxylic acids is 2. The predicted molar refractivity (Wildman–Crippen MR) is 87.8 cm³/mol. The van der Waals surface area contributed by atoms with Crippen LogP contribution in [0.2, 0.25) is 0 Å². The number of amides is 2. The number of nitrogens with one attached hydrogen (secondary N) is 1. The number of carbonyl (C=O) groups is 2. The van der Waals surface area contributed by atoms with Crippen LogP contribution in [-0.4, -0.2) is 79.6 Å². The summed E-state index contributed by atoms with van der Waals surface area (Å²) in [5.41, 5.74) is 5.80. The molecule has 2 aliphatic rings. The van der Waals surface area contributed by atoms with Crippen molar-refractivity contribution in [3.63, 3.8) is 0 Å². The lowest BCUT2D eigenvalue weighted by Gasteiger charge is -2.33. The number of nitrogens with zero attached hydrogens (tertiary/aromatic N) is 2. The van der Waals surface area contributed by atoms with Gasteiger partial charge < -0.3 is 20.7 Å². The Bertz CT molecular complexity index is 410. The van der Waals surface area contributed by atoms with Gasteiger partial charge in [0.15, 0.2) is 0 Å². The standard InChI is InChI=1S/C16H30N4O3/c1-12(2)15(17)16(22)18-10-14(21)20-5-3-4-13(20)11-19-6-8-23-9-7-19/h12-13,15H,3-11,17H2,1-2H3,(H,18,22)/t13?,15-/m0/s1. The van der Waals surface area contributed by atoms with Gasteiger partial charge in [-0.1, -0.05) is 13.8 Å². The lowest BCUT2D eigenvalue weighted by molar-refractivity contribution is -0.134. The fourth-order valence-corrected chi connectivity index (χ4v) is 3.12. The Hall–Kier alpha value is -1.18. The van der Waals surface area contributed by atoms with Crippen LogP contribution < -0.4 is 11.1 Å². The monoisotopic (exact) mass is 326 g/mol. The van der Waals surface area contributed by atoms with E-state index in [1.807, 2.05) is 18.7 Å². The second-order valence-corrected chi connectivity index (χ2v) is 6.78. The fraction of sp³-hybridized carbons (Fsp3) is 0.875. The van der Waals surface area contributed by atoms with Gasteiger partial charge in [0.25, 0.3) is 0 Å². The first-order valence-corrected chi connectivity index (χ1v) is 8.62. The van der Waals surface area contributed by atoms with Crippen LogP contribution in [0.4, 0.5) is 0 Å². The number of hydrogen-bond acceptors (Lipinski definition) is 5. The molecule has 2 rings (SSSR count). The molecule has 2 fully saturated rings. The maximum Gasteiger partial charge on any atom is 0.242 e. The molecule has 2 saturated heterocycles. The number of morpholine rings is 1. The molecule has 0 aliphatic carbocycles. The van der Waals surface area contributed by atoms with E-state index in [-0.39, 0.29) is 30.3 Å². The number of ether oxygens (including phenoxy) is 1. The Balaban J connectivity index is 1.79. The van der Waals surface area contributed by atoms with Gasteiger partial charge in [-0.3, -0.25) is 14.5 Å². The molecular formula is C16H30N4O3. The van der Waals surface area contributed by atoms with E-state index in [2.05, 4.69) is 10.2 Å². The van der Waals surface area contributed by atoms with Crippen molar-refractivity contribution in [2.75, 3.05) is 45.9 Å². The minimum absolute atomic E-state index is 0.00920. The van der Waals surface area contributed by atoms with Gasteiger partial charge in [-0.05, 0) is 18.8 Å². The molecule has 2 atom stereocenters. The zero-order chi connectivity index (χ0) is 16.8. The molecule has 0 aromatic rings. The minimum atomic E-state index is -0.564. The van der Waals surface area contributed by atoms with Gasteiger partial charge in [0.1, 0.15) is 0 Å². The smallest absolute Gasteiger partial charge is 0.242 e. The van der Waals surface area contributed by atoms with Crippen LogP contribution in [0.1, 0.15) is 26.7 Å². The second kappa shape index (κ2) is 8.61. The summed E-state index contributed by atoms with van der Waals surface area (Å²) < 4.78 is 5.36. The molecule has 1 unspecified atom stereocenters. The first kappa shape index (κ1) is 18.2. The molecule has 0 radical (unpaired) electrons. The Labute approximate surface area is 138 Å². The summed E-state index contributed by atoms with van der Waals surface area (Å²) >= 11 is 0. The molecule has 2 amide bonds. The molecule has 0 saturated carbocycles. The second-order valence-electron chi connectivity index (χ2n) is 6.78. The molecule has 132 valence electrons. The highest BCUT2D eigenvalue weighted by Gasteiger charge is 2.30. The van der Waals surface area contributed by atoms with Crippen LogP contribution in [0.25, 0.3) is 0 Å². The summed E-state index contributed by atoms with van der Waals surface area (Å²) in [5, 5.41) is 2.68. The largest absolute Gasteiger partial charge is 0.379 e. The zero-order valence-electron chi connectivity index (χ0n) is 14.3. The van der Waals surface area contributed by atoms with E-state index in [9.17, 15) is 9.59 Å². The molecule has 2 heterocycles. The summed E-state index contributed by atoms with van der Waals surface area (Å²) in [5.74, 6) is -0.201. The molecule has 2 aliphatic heterocycles. The molecule has 23 heavy (non-hydrogen) atoms. The first-order chi connectivity index (χ1) is 11.0. The highest BCUT2D eigenvalue weighted by Crippen LogP contribution is 2.18. The zero-order valence-corrected chi connectivity index (χ0v) is 14.3. The maximum absolute atomic E-state index is 12.4. The van der Waals surface area contributed by atoms with E-state index in [1.54, 1.807) is 0 Å². The fourth-order valence-electron chi connectivity index (χ4n) is 3.12. The van der Waals surface area contributed by atoms with Crippen molar-refractivity contribution in [1.82, 2.24) is 15.1 Å². The molecule has 7 nitrogen and oxygen atoms in total. The van der Waals surface area contributed by atoms with Gasteiger partial charge in [-0.15, -0.1) is 0 Å². The summed E-state index contributed by atoms with van der Waals surface area (Å²) in [7, 11) is 0. The van der Waals surface area contributed by atoms with E-state index in [1.165, 1.54) is 0 Å². The predicted octanol–water partition coefficient (Wildman–Crippen LogP) is -0.591. The molecule has 0 aromatic heterocycles. The SMILES string of the molecule is CC(C)[C@H](N)C(=O)NCC(=O)N1CCCC1CN1CCOCC1. The summed E-state index contributed by atoms with van der Waals surface area (Å²) in [6, 6.07) is -0.318. The van der Waals surface area contributed by atoms with Crippen molar-refractivity contribution in [2.45, 2.75) is 38.8 Å². The number of hydrogen-bond donors (Lipinski definition) is 2. The molecule has 0 aromatic carbocycles. The third-order valence-electron chi connectivity index (χ3n) is 4.70. The molecule has 3 N–H and O–H groups in total. The lowest BCUT2D eigenvalue weighted by Crippen LogP contribution is -2.51. The van der Waals surface area contributed by atoms with Gasteiger partial charge in [0, 0.05) is 32.2 Å². The third kappa shape index (κ3) is 5.16. The van der Waals surface area contributed by atoms with E-state index < -0.39 is 6.04 Å². The van der Waals surface area contributed by atoms with Crippen molar-refractivity contribution in [3.05, 3.63) is 0 Å². The normalized spacial score (nSPS) is 24.0. The molecule has 0 bridgehead atoms. The lowest BCUT2D eigenvalue weighted by atomic mass is 10.1. The molecule has 7 heteroatoms. The third-order valence-corrected chi connectivity index (χ3v) is 4.70. The van der Waals surface area contributed by atoms with Gasteiger partial charge in [0.05, 0.1) is 25.8 Å². The Kier molecular flexibility index (Phi) is 6.80. The highest BCUT2D eigenvalue weighted by molar-refractivity contribution is 5.87. The van der Waals surface area contributed by atoms with Crippen molar-refractivity contribution in [1.29, 1.82) is 0 Å². The van der Waals surface area contributed by atoms with Crippen LogP contribution >= 0.6 is 0 Å². The minimum Gasteiger partial charge on any atom is -0.379 e. The molecular weight excluding hydrogens is 296 g/mol. The quantitative estimate of drug-likeness (QED) is 0.681. The van der Waals surface area contributed by atoms with E-state index in [0.717, 1.165) is 52.2 Å².